The van der Waals surface area contributed by atoms with Crippen LogP contribution in [0, 0.1) is 18.8 Å². The van der Waals surface area contributed by atoms with Crippen LogP contribution in [-0.4, -0.2) is 29.7 Å². The second-order valence-corrected chi connectivity index (χ2v) is 4.56. The van der Waals surface area contributed by atoms with Crippen LogP contribution in [0.25, 0.3) is 0 Å². The van der Waals surface area contributed by atoms with Gasteiger partial charge in [-0.15, -0.1) is 0 Å². The monoisotopic (exact) mass is 280 g/mol. The average Bonchev–Trinajstić information content (AvgIpc) is 2.53. The van der Waals surface area contributed by atoms with Crippen LogP contribution in [-0.2, 0) is 0 Å². The predicted octanol–water partition coefficient (Wildman–Crippen LogP) is 2.01. The molecule has 4 nitrogen and oxygen atoms in total. The van der Waals surface area contributed by atoms with E-state index in [4.69, 9.17) is 5.11 Å². The van der Waals surface area contributed by atoms with Gasteiger partial charge >= 0.3 is 0 Å². The number of carbonyl (C=O) groups is 1. The lowest BCUT2D eigenvalue weighted by Crippen LogP contribution is -2.26. The van der Waals surface area contributed by atoms with E-state index >= 15 is 0 Å². The number of aromatic nitrogens is 1. The largest absolute Gasteiger partial charge is 0.384 e. The Balaban J connectivity index is 2.31. The number of nitrogens with zero attached hydrogens (tertiary/aromatic N) is 2. The first-order valence-electron chi connectivity index (χ1n) is 6.52. The molecule has 0 fully saturated rings. The molecule has 1 N–H and O–H groups in total. The van der Waals surface area contributed by atoms with Crippen LogP contribution < -0.4 is 4.90 Å². The van der Waals surface area contributed by atoms with Crippen molar-refractivity contribution in [2.45, 2.75) is 6.92 Å². The standard InChI is InChI=1S/C17H16N2O2/c1-13-7-8-15(11-14(13)5-4-10-20)17(21)19(2)16-6-3-9-18-12-16/h3,6-9,11-12,20H,10H2,1-2H3. The van der Waals surface area contributed by atoms with Crippen LogP contribution in [0.4, 0.5) is 5.69 Å². The van der Waals surface area contributed by atoms with Crippen molar-refractivity contribution in [3.63, 3.8) is 0 Å². The van der Waals surface area contributed by atoms with Crippen molar-refractivity contribution in [3.8, 4) is 11.8 Å². The topological polar surface area (TPSA) is 53.4 Å². The van der Waals surface area contributed by atoms with Crippen molar-refractivity contribution in [1.82, 2.24) is 4.98 Å². The van der Waals surface area contributed by atoms with Gasteiger partial charge in [0.2, 0.25) is 0 Å². The first-order chi connectivity index (χ1) is 10.1. The average molecular weight is 280 g/mol. The Morgan fingerprint density at radius 1 is 1.38 bits per heavy atom. The fraction of sp³-hybridized carbons (Fsp3) is 0.176. The van der Waals surface area contributed by atoms with Crippen LogP contribution in [0.1, 0.15) is 21.5 Å². The number of aliphatic hydroxyl groups is 1. The van der Waals surface area contributed by atoms with Crippen molar-refractivity contribution < 1.29 is 9.90 Å². The number of anilines is 1. The second kappa shape index (κ2) is 6.69. The molecule has 0 aliphatic rings. The predicted molar refractivity (Wildman–Crippen MR) is 82.1 cm³/mol. The number of hydrogen-bond acceptors (Lipinski definition) is 3. The van der Waals surface area contributed by atoms with Gasteiger partial charge in [-0.2, -0.15) is 0 Å². The molecule has 1 aromatic carbocycles. The summed E-state index contributed by atoms with van der Waals surface area (Å²) in [6.45, 7) is 1.72. The Hall–Kier alpha value is -2.64. The van der Waals surface area contributed by atoms with Crippen LogP contribution in [0.5, 0.6) is 0 Å². The zero-order valence-electron chi connectivity index (χ0n) is 12.0. The summed E-state index contributed by atoms with van der Waals surface area (Å²) in [4.78, 5) is 18.0. The molecule has 21 heavy (non-hydrogen) atoms. The number of carbonyl (C=O) groups excluding carboxylic acids is 1. The molecule has 0 unspecified atom stereocenters. The van der Waals surface area contributed by atoms with Crippen molar-refractivity contribution in [1.29, 1.82) is 0 Å². The summed E-state index contributed by atoms with van der Waals surface area (Å²) in [5.41, 5.74) is 2.99. The lowest BCUT2D eigenvalue weighted by molar-refractivity contribution is 0.0993. The van der Waals surface area contributed by atoms with E-state index in [1.54, 1.807) is 42.5 Å². The van der Waals surface area contributed by atoms with Gasteiger partial charge < -0.3 is 10.0 Å². The number of hydrogen-bond donors (Lipinski definition) is 1. The number of aliphatic hydroxyl groups excluding tert-OH is 1. The molecule has 106 valence electrons. The number of benzene rings is 1. The molecule has 2 aromatic rings. The molecule has 1 heterocycles. The first-order valence-corrected chi connectivity index (χ1v) is 6.52. The van der Waals surface area contributed by atoms with E-state index in [0.29, 0.717) is 5.56 Å². The van der Waals surface area contributed by atoms with Crippen LogP contribution in [0.2, 0.25) is 0 Å². The Morgan fingerprint density at radius 2 is 2.19 bits per heavy atom. The highest BCUT2D eigenvalue weighted by Crippen LogP contribution is 2.16. The Bertz CT molecular complexity index is 700. The van der Waals surface area contributed by atoms with Crippen LogP contribution >= 0.6 is 0 Å². The molecule has 1 aromatic heterocycles. The number of amides is 1. The maximum Gasteiger partial charge on any atom is 0.258 e. The maximum atomic E-state index is 12.5. The van der Waals surface area contributed by atoms with Crippen LogP contribution in [0.3, 0.4) is 0 Å². The van der Waals surface area contributed by atoms with Crippen molar-refractivity contribution in [2.75, 3.05) is 18.6 Å². The Kier molecular flexibility index (Phi) is 4.70. The lowest BCUT2D eigenvalue weighted by Gasteiger charge is -2.17. The highest BCUT2D eigenvalue weighted by Gasteiger charge is 2.14. The fourth-order valence-electron chi connectivity index (χ4n) is 1.89. The Morgan fingerprint density at radius 3 is 2.86 bits per heavy atom. The van der Waals surface area contributed by atoms with E-state index in [2.05, 4.69) is 16.8 Å². The van der Waals surface area contributed by atoms with Crippen molar-refractivity contribution in [2.24, 2.45) is 0 Å². The highest BCUT2D eigenvalue weighted by molar-refractivity contribution is 6.05. The van der Waals surface area contributed by atoms with E-state index in [1.807, 2.05) is 19.1 Å². The summed E-state index contributed by atoms with van der Waals surface area (Å²) < 4.78 is 0. The minimum atomic E-state index is -0.201. The van der Waals surface area contributed by atoms with Gasteiger partial charge in [0, 0.05) is 24.4 Å². The summed E-state index contributed by atoms with van der Waals surface area (Å²) in [6, 6.07) is 8.98. The molecule has 0 aliphatic heterocycles. The molecule has 1 amide bonds. The summed E-state index contributed by atoms with van der Waals surface area (Å²) in [5, 5.41) is 8.78. The van der Waals surface area contributed by atoms with Crippen LogP contribution in [0.15, 0.2) is 42.7 Å². The quantitative estimate of drug-likeness (QED) is 0.856. The Labute approximate surface area is 124 Å². The molecule has 0 saturated heterocycles. The van der Waals surface area contributed by atoms with E-state index in [0.717, 1.165) is 16.8 Å². The summed E-state index contributed by atoms with van der Waals surface area (Å²) in [5.74, 6) is 5.33. The molecule has 4 heteroatoms. The molecular formula is C17H16N2O2. The number of rotatable bonds is 2. The van der Waals surface area contributed by atoms with Crippen molar-refractivity contribution >= 4 is 11.6 Å². The maximum absolute atomic E-state index is 12.5. The van der Waals surface area contributed by atoms with Gasteiger partial charge in [0.05, 0.1) is 11.9 Å². The van der Waals surface area contributed by atoms with E-state index < -0.39 is 0 Å². The van der Waals surface area contributed by atoms with Crippen molar-refractivity contribution in [3.05, 3.63) is 59.4 Å². The van der Waals surface area contributed by atoms with Gasteiger partial charge in [0.1, 0.15) is 6.61 Å². The zero-order chi connectivity index (χ0) is 15.2. The molecule has 2 rings (SSSR count). The smallest absolute Gasteiger partial charge is 0.258 e. The fourth-order valence-corrected chi connectivity index (χ4v) is 1.89. The molecule has 0 saturated carbocycles. The zero-order valence-corrected chi connectivity index (χ0v) is 12.0. The SMILES string of the molecule is Cc1ccc(C(=O)N(C)c2cccnc2)cc1C#CCO. The third-order valence-corrected chi connectivity index (χ3v) is 3.12. The van der Waals surface area contributed by atoms with Gasteiger partial charge in [-0.3, -0.25) is 9.78 Å². The third-order valence-electron chi connectivity index (χ3n) is 3.12. The molecule has 0 aliphatic carbocycles. The molecule has 0 radical (unpaired) electrons. The summed E-state index contributed by atoms with van der Waals surface area (Å²) in [7, 11) is 1.71. The van der Waals surface area contributed by atoms with E-state index in [9.17, 15) is 4.79 Å². The summed E-state index contributed by atoms with van der Waals surface area (Å²) in [6.07, 6.45) is 3.30. The molecule has 0 bridgehead atoms. The summed E-state index contributed by atoms with van der Waals surface area (Å²) >= 11 is 0. The molecule has 0 atom stereocenters. The third kappa shape index (κ3) is 3.47. The van der Waals surface area contributed by atoms with Gasteiger partial charge in [0.25, 0.3) is 5.91 Å². The molecule has 0 spiro atoms. The lowest BCUT2D eigenvalue weighted by atomic mass is 10.0. The van der Waals surface area contributed by atoms with Gasteiger partial charge in [-0.25, -0.2) is 0 Å². The highest BCUT2D eigenvalue weighted by atomic mass is 16.2. The number of aryl methyl sites for hydroxylation is 1. The van der Waals surface area contributed by atoms with Gasteiger partial charge in [-0.05, 0) is 36.8 Å². The van der Waals surface area contributed by atoms with E-state index in [1.165, 1.54) is 0 Å². The minimum Gasteiger partial charge on any atom is -0.384 e. The van der Waals surface area contributed by atoms with Gasteiger partial charge in [0.15, 0.2) is 0 Å². The van der Waals surface area contributed by atoms with E-state index in [-0.39, 0.29) is 12.5 Å². The second-order valence-electron chi connectivity index (χ2n) is 4.56. The van der Waals surface area contributed by atoms with Gasteiger partial charge in [-0.1, -0.05) is 17.9 Å². The minimum absolute atomic E-state index is 0.130. The normalized spacial score (nSPS) is 9.67. The number of pyridine rings is 1. The molecular weight excluding hydrogens is 264 g/mol. The first kappa shape index (κ1) is 14.8.